The van der Waals surface area contributed by atoms with E-state index < -0.39 is 0 Å². The minimum Gasteiger partial charge on any atom is -0.301 e. The summed E-state index contributed by atoms with van der Waals surface area (Å²) in [5.41, 5.74) is 4.29. The van der Waals surface area contributed by atoms with Crippen molar-refractivity contribution in [3.63, 3.8) is 0 Å². The van der Waals surface area contributed by atoms with E-state index >= 15 is 0 Å². The minimum atomic E-state index is -0.333. The van der Waals surface area contributed by atoms with Crippen LogP contribution in [0, 0.1) is 12.7 Å². The molecule has 0 fully saturated rings. The third-order valence-electron chi connectivity index (χ3n) is 3.59. The van der Waals surface area contributed by atoms with Crippen molar-refractivity contribution in [3.8, 4) is 0 Å². The summed E-state index contributed by atoms with van der Waals surface area (Å²) in [7, 11) is 0. The fraction of sp³-hybridized carbons (Fsp3) is 0.333. The van der Waals surface area contributed by atoms with Gasteiger partial charge in [0.25, 0.3) is 11.5 Å². The van der Waals surface area contributed by atoms with Gasteiger partial charge in [0.15, 0.2) is 5.16 Å². The topological polar surface area (TPSA) is 87.2 Å². The summed E-state index contributed by atoms with van der Waals surface area (Å²) in [6.45, 7) is 3.87. The molecule has 0 spiro atoms. The van der Waals surface area contributed by atoms with Crippen LogP contribution in [0.15, 0.2) is 39.3 Å². The molecule has 0 bridgehead atoms. The number of rotatable bonds is 8. The van der Waals surface area contributed by atoms with Crippen molar-refractivity contribution in [3.05, 3.63) is 57.3 Å². The van der Waals surface area contributed by atoms with Crippen LogP contribution < -0.4 is 11.0 Å². The number of amides is 1. The molecule has 1 heterocycles. The van der Waals surface area contributed by atoms with Crippen molar-refractivity contribution in [1.29, 1.82) is 0 Å². The van der Waals surface area contributed by atoms with Gasteiger partial charge in [-0.1, -0.05) is 37.2 Å². The highest BCUT2D eigenvalue weighted by Gasteiger charge is 2.09. The first-order chi connectivity index (χ1) is 12.5. The van der Waals surface area contributed by atoms with E-state index in [1.54, 1.807) is 19.1 Å². The van der Waals surface area contributed by atoms with Gasteiger partial charge < -0.3 is 4.98 Å². The Balaban J connectivity index is 1.87. The Bertz CT molecular complexity index is 834. The molecule has 2 N–H and O–H groups in total. The van der Waals surface area contributed by atoms with Gasteiger partial charge in [-0.2, -0.15) is 5.10 Å². The molecule has 0 saturated carbocycles. The largest absolute Gasteiger partial charge is 0.301 e. The van der Waals surface area contributed by atoms with Crippen LogP contribution in [-0.4, -0.2) is 27.8 Å². The molecule has 2 rings (SSSR count). The number of nitrogens with zero attached hydrogens (tertiary/aromatic N) is 2. The van der Waals surface area contributed by atoms with Crippen LogP contribution in [-0.2, 0) is 11.2 Å². The first kappa shape index (κ1) is 19.8. The van der Waals surface area contributed by atoms with Crippen molar-refractivity contribution in [2.24, 2.45) is 5.10 Å². The molecule has 8 heteroatoms. The van der Waals surface area contributed by atoms with E-state index in [2.05, 4.69) is 27.4 Å². The lowest BCUT2D eigenvalue weighted by Crippen LogP contribution is -2.21. The third kappa shape index (κ3) is 6.11. The zero-order chi connectivity index (χ0) is 18.9. The lowest BCUT2D eigenvalue weighted by atomic mass is 10.1. The lowest BCUT2D eigenvalue weighted by Gasteiger charge is -2.06. The number of hydrogen-bond acceptors (Lipinski definition) is 5. The van der Waals surface area contributed by atoms with Gasteiger partial charge in [-0.3, -0.25) is 9.59 Å². The Morgan fingerprint density at radius 1 is 1.38 bits per heavy atom. The van der Waals surface area contributed by atoms with Gasteiger partial charge in [-0.05, 0) is 37.5 Å². The molecule has 0 aliphatic heterocycles. The molecular weight excluding hydrogens is 355 g/mol. The first-order valence-electron chi connectivity index (χ1n) is 8.29. The monoisotopic (exact) mass is 376 g/mol. The molecule has 0 radical (unpaired) electrons. The molecular formula is C18H21FN4O2S. The molecule has 0 unspecified atom stereocenters. The molecule has 2 aromatic rings. The van der Waals surface area contributed by atoms with E-state index in [1.807, 2.05) is 0 Å². The van der Waals surface area contributed by atoms with Crippen molar-refractivity contribution < 1.29 is 9.18 Å². The van der Waals surface area contributed by atoms with Crippen LogP contribution in [0.1, 0.15) is 36.6 Å². The Morgan fingerprint density at radius 3 is 2.77 bits per heavy atom. The normalized spacial score (nSPS) is 11.0. The number of halogens is 1. The maximum atomic E-state index is 12.8. The van der Waals surface area contributed by atoms with Crippen LogP contribution in [0.3, 0.4) is 0 Å². The van der Waals surface area contributed by atoms with Gasteiger partial charge >= 0.3 is 0 Å². The van der Waals surface area contributed by atoms with Gasteiger partial charge in [0.05, 0.1) is 12.0 Å². The number of benzene rings is 1. The highest BCUT2D eigenvalue weighted by atomic mass is 32.2. The van der Waals surface area contributed by atoms with Crippen molar-refractivity contribution in [1.82, 2.24) is 15.4 Å². The molecule has 0 aliphatic carbocycles. The second-order valence-corrected chi connectivity index (χ2v) is 6.64. The minimum absolute atomic E-state index is 0.0669. The predicted octanol–water partition coefficient (Wildman–Crippen LogP) is 2.80. The summed E-state index contributed by atoms with van der Waals surface area (Å²) in [5, 5.41) is 4.22. The number of aromatic amines is 1. The average molecular weight is 376 g/mol. The van der Waals surface area contributed by atoms with Crippen LogP contribution in [0.5, 0.6) is 0 Å². The molecule has 1 aromatic heterocycles. The van der Waals surface area contributed by atoms with E-state index in [0.717, 1.165) is 24.6 Å². The Kier molecular flexibility index (Phi) is 7.53. The van der Waals surface area contributed by atoms with Gasteiger partial charge in [0, 0.05) is 11.3 Å². The molecule has 0 aliphatic rings. The number of carbonyl (C=O) groups is 1. The summed E-state index contributed by atoms with van der Waals surface area (Å²) in [5.74, 6) is -0.596. The van der Waals surface area contributed by atoms with E-state index in [1.165, 1.54) is 18.3 Å². The number of unbranched alkanes of at least 4 members (excludes halogenated alkanes) is 1. The zero-order valence-electron chi connectivity index (χ0n) is 14.7. The summed E-state index contributed by atoms with van der Waals surface area (Å²) in [4.78, 5) is 31.0. The zero-order valence-corrected chi connectivity index (χ0v) is 15.5. The number of aromatic nitrogens is 2. The second-order valence-electron chi connectivity index (χ2n) is 5.67. The number of carbonyl (C=O) groups excluding carboxylic acids is 1. The molecule has 1 amide bonds. The van der Waals surface area contributed by atoms with Crippen molar-refractivity contribution >= 4 is 23.9 Å². The Hall–Kier alpha value is -2.48. The van der Waals surface area contributed by atoms with Crippen molar-refractivity contribution in [2.45, 2.75) is 38.3 Å². The van der Waals surface area contributed by atoms with E-state index in [-0.39, 0.29) is 23.0 Å². The maximum Gasteiger partial charge on any atom is 0.254 e. The highest BCUT2D eigenvalue weighted by molar-refractivity contribution is 7.99. The van der Waals surface area contributed by atoms with E-state index in [0.29, 0.717) is 28.4 Å². The fourth-order valence-electron chi connectivity index (χ4n) is 2.19. The number of hydrogen-bond donors (Lipinski definition) is 2. The standard InChI is InChI=1S/C18H21FN4O2S/c1-3-4-5-15-12(2)21-18(22-17(15)25)26-11-16(24)23-20-10-13-6-8-14(19)9-7-13/h6-10H,3-5,11H2,1-2H3,(H,23,24)(H,21,22,25). The van der Waals surface area contributed by atoms with Gasteiger partial charge in [0.1, 0.15) is 5.82 Å². The molecule has 138 valence electrons. The lowest BCUT2D eigenvalue weighted by molar-refractivity contribution is -0.118. The van der Waals surface area contributed by atoms with Crippen molar-refractivity contribution in [2.75, 3.05) is 5.75 Å². The molecule has 26 heavy (non-hydrogen) atoms. The van der Waals surface area contributed by atoms with Crippen LogP contribution in [0.4, 0.5) is 4.39 Å². The summed E-state index contributed by atoms with van der Waals surface area (Å²) in [6.07, 6.45) is 4.07. The summed E-state index contributed by atoms with van der Waals surface area (Å²) < 4.78 is 12.8. The number of H-pyrrole nitrogens is 1. The first-order valence-corrected chi connectivity index (χ1v) is 9.28. The number of hydrazone groups is 1. The fourth-order valence-corrected chi connectivity index (χ4v) is 2.89. The van der Waals surface area contributed by atoms with Gasteiger partial charge in [0.2, 0.25) is 0 Å². The molecule has 0 atom stereocenters. The molecule has 1 aromatic carbocycles. The maximum absolute atomic E-state index is 12.8. The SMILES string of the molecule is CCCCc1c(C)nc(SCC(=O)NN=Cc2ccc(F)cc2)[nH]c1=O. The van der Waals surface area contributed by atoms with E-state index in [9.17, 15) is 14.0 Å². The van der Waals surface area contributed by atoms with Crippen LogP contribution in [0.25, 0.3) is 0 Å². The van der Waals surface area contributed by atoms with Gasteiger partial charge in [-0.15, -0.1) is 0 Å². The Labute approximate surface area is 155 Å². The Morgan fingerprint density at radius 2 is 2.12 bits per heavy atom. The number of thioether (sulfide) groups is 1. The summed E-state index contributed by atoms with van der Waals surface area (Å²) in [6, 6.07) is 5.73. The predicted molar refractivity (Wildman–Crippen MR) is 101 cm³/mol. The third-order valence-corrected chi connectivity index (χ3v) is 4.47. The average Bonchev–Trinajstić information content (AvgIpc) is 2.61. The second kappa shape index (κ2) is 9.86. The smallest absolute Gasteiger partial charge is 0.254 e. The van der Waals surface area contributed by atoms with E-state index in [4.69, 9.17) is 0 Å². The molecule has 0 saturated heterocycles. The van der Waals surface area contributed by atoms with Gasteiger partial charge in [-0.25, -0.2) is 14.8 Å². The van der Waals surface area contributed by atoms with Crippen LogP contribution in [0.2, 0.25) is 0 Å². The number of nitrogens with one attached hydrogen (secondary N) is 2. The quantitative estimate of drug-likeness (QED) is 0.321. The highest BCUT2D eigenvalue weighted by Crippen LogP contribution is 2.13. The van der Waals surface area contributed by atoms with Crippen LogP contribution >= 0.6 is 11.8 Å². The molecule has 6 nitrogen and oxygen atoms in total. The summed E-state index contributed by atoms with van der Waals surface area (Å²) >= 11 is 1.14. The number of aryl methyl sites for hydroxylation is 1.